The SMILES string of the molecule is C#CCNC(=O)COC(=O)c1ccc(OC)c(S(=O)(=O)Nc2cc(Cl)c(OC)cc2OC)c1. The van der Waals surface area contributed by atoms with Crippen molar-refractivity contribution in [2.24, 2.45) is 0 Å². The van der Waals surface area contributed by atoms with Crippen LogP contribution in [0.4, 0.5) is 5.69 Å². The van der Waals surface area contributed by atoms with E-state index in [1.54, 1.807) is 0 Å². The maximum Gasteiger partial charge on any atom is 0.338 e. The molecule has 1 amide bonds. The first-order valence-electron chi connectivity index (χ1n) is 9.16. The summed E-state index contributed by atoms with van der Waals surface area (Å²) in [5.74, 6) is 1.07. The van der Waals surface area contributed by atoms with E-state index in [4.69, 9.17) is 37.0 Å². The van der Waals surface area contributed by atoms with Crippen LogP contribution in [0, 0.1) is 12.3 Å². The third-order valence-corrected chi connectivity index (χ3v) is 5.81. The Bertz CT molecular complexity index is 1190. The van der Waals surface area contributed by atoms with E-state index >= 15 is 0 Å². The first kappa shape index (κ1) is 25.6. The van der Waals surface area contributed by atoms with Crippen LogP contribution in [0.2, 0.25) is 5.02 Å². The zero-order valence-corrected chi connectivity index (χ0v) is 19.5. The van der Waals surface area contributed by atoms with Gasteiger partial charge >= 0.3 is 5.97 Å². The molecule has 0 spiro atoms. The number of methoxy groups -OCH3 is 3. The molecule has 0 bridgehead atoms. The Balaban J connectivity index is 2.35. The Morgan fingerprint density at radius 2 is 1.70 bits per heavy atom. The van der Waals surface area contributed by atoms with Crippen LogP contribution in [0.1, 0.15) is 10.4 Å². The number of sulfonamides is 1. The van der Waals surface area contributed by atoms with E-state index in [2.05, 4.69) is 16.0 Å². The summed E-state index contributed by atoms with van der Waals surface area (Å²) >= 11 is 6.11. The lowest BCUT2D eigenvalue weighted by molar-refractivity contribution is -0.123. The number of hydrogen-bond acceptors (Lipinski definition) is 8. The quantitative estimate of drug-likeness (QED) is 0.378. The minimum Gasteiger partial charge on any atom is -0.495 e. The molecule has 0 radical (unpaired) electrons. The molecule has 10 nitrogen and oxygen atoms in total. The number of rotatable bonds is 10. The molecule has 0 aromatic heterocycles. The van der Waals surface area contributed by atoms with Gasteiger partial charge in [0.15, 0.2) is 6.61 Å². The molecule has 0 aliphatic heterocycles. The highest BCUT2D eigenvalue weighted by atomic mass is 35.5. The third-order valence-electron chi connectivity index (χ3n) is 4.13. The second-order valence-corrected chi connectivity index (χ2v) is 8.27. The summed E-state index contributed by atoms with van der Waals surface area (Å²) in [6.07, 6.45) is 5.04. The molecular weight excluding hydrogens is 476 g/mol. The van der Waals surface area contributed by atoms with Crippen LogP contribution in [0.25, 0.3) is 0 Å². The summed E-state index contributed by atoms with van der Waals surface area (Å²) in [5.41, 5.74) is -0.0934. The fourth-order valence-corrected chi connectivity index (χ4v) is 4.07. The van der Waals surface area contributed by atoms with Crippen molar-refractivity contribution < 1.29 is 37.0 Å². The van der Waals surface area contributed by atoms with Crippen LogP contribution in [0.3, 0.4) is 0 Å². The number of carbonyl (C=O) groups excluding carboxylic acids is 2. The van der Waals surface area contributed by atoms with Gasteiger partial charge in [-0.1, -0.05) is 17.5 Å². The number of terminal acetylenes is 1. The monoisotopic (exact) mass is 496 g/mol. The molecule has 0 aliphatic carbocycles. The number of benzene rings is 2. The van der Waals surface area contributed by atoms with Gasteiger partial charge in [0.25, 0.3) is 15.9 Å². The third kappa shape index (κ3) is 6.44. The molecule has 0 saturated carbocycles. The number of esters is 1. The van der Waals surface area contributed by atoms with Crippen LogP contribution in [0.15, 0.2) is 35.2 Å². The summed E-state index contributed by atoms with van der Waals surface area (Å²) in [6.45, 7) is -0.611. The fraction of sp³-hybridized carbons (Fsp3) is 0.238. The van der Waals surface area contributed by atoms with E-state index in [-0.39, 0.29) is 45.0 Å². The van der Waals surface area contributed by atoms with E-state index in [1.165, 1.54) is 45.6 Å². The molecule has 12 heteroatoms. The minimum absolute atomic E-state index is 0.0220. The Morgan fingerprint density at radius 1 is 1.03 bits per heavy atom. The van der Waals surface area contributed by atoms with E-state index < -0.39 is 28.5 Å². The molecule has 0 atom stereocenters. The number of halogens is 1. The standard InChI is InChI=1S/C21H21ClN2O8S/c1-5-8-23-20(25)12-32-21(26)13-6-7-16(29-2)19(9-13)33(27,28)24-15-10-14(22)17(30-3)11-18(15)31-4/h1,6-7,9-11,24H,8,12H2,2-4H3,(H,23,25). The highest BCUT2D eigenvalue weighted by molar-refractivity contribution is 7.92. The van der Waals surface area contributed by atoms with Crippen LogP contribution in [-0.4, -0.2) is 54.8 Å². The van der Waals surface area contributed by atoms with Crippen LogP contribution >= 0.6 is 11.6 Å². The first-order chi connectivity index (χ1) is 15.7. The Morgan fingerprint density at radius 3 is 2.30 bits per heavy atom. The van der Waals surface area contributed by atoms with Gasteiger partial charge in [-0.15, -0.1) is 6.42 Å². The van der Waals surface area contributed by atoms with E-state index in [0.717, 1.165) is 6.07 Å². The molecule has 0 fully saturated rings. The van der Waals surface area contributed by atoms with Crippen molar-refractivity contribution in [3.05, 3.63) is 40.9 Å². The van der Waals surface area contributed by atoms with Crippen molar-refractivity contribution in [3.8, 4) is 29.6 Å². The molecule has 176 valence electrons. The predicted octanol–water partition coefficient (Wildman–Crippen LogP) is 2.07. The molecule has 2 rings (SSSR count). The van der Waals surface area contributed by atoms with Crippen molar-refractivity contribution in [3.63, 3.8) is 0 Å². The summed E-state index contributed by atoms with van der Waals surface area (Å²) in [5, 5.41) is 2.48. The van der Waals surface area contributed by atoms with Gasteiger partial charge in [0.05, 0.1) is 44.1 Å². The lowest BCUT2D eigenvalue weighted by atomic mass is 10.2. The van der Waals surface area contributed by atoms with E-state index in [9.17, 15) is 18.0 Å². The van der Waals surface area contributed by atoms with Gasteiger partial charge in [-0.05, 0) is 24.3 Å². The average Bonchev–Trinajstić information content (AvgIpc) is 2.80. The Kier molecular flexibility index (Phi) is 8.78. The molecule has 2 aromatic carbocycles. The van der Waals surface area contributed by atoms with Gasteiger partial charge in [-0.3, -0.25) is 9.52 Å². The second kappa shape index (κ2) is 11.3. The molecule has 0 aliphatic rings. The van der Waals surface area contributed by atoms with Crippen molar-refractivity contribution in [1.29, 1.82) is 0 Å². The normalized spacial score (nSPS) is 10.5. The van der Waals surface area contributed by atoms with Crippen molar-refractivity contribution in [2.45, 2.75) is 4.90 Å². The smallest absolute Gasteiger partial charge is 0.338 e. The number of amides is 1. The molecule has 0 saturated heterocycles. The predicted molar refractivity (Wildman–Crippen MR) is 120 cm³/mol. The summed E-state index contributed by atoms with van der Waals surface area (Å²) < 4.78 is 48.9. The molecular formula is C21H21ClN2O8S. The largest absolute Gasteiger partial charge is 0.495 e. The number of nitrogens with one attached hydrogen (secondary N) is 2. The maximum absolute atomic E-state index is 13.1. The Hall–Kier alpha value is -3.62. The van der Waals surface area contributed by atoms with Gasteiger partial charge in [0, 0.05) is 6.07 Å². The average molecular weight is 497 g/mol. The molecule has 0 unspecified atom stereocenters. The maximum atomic E-state index is 13.1. The van der Waals surface area contributed by atoms with Crippen LogP contribution in [0.5, 0.6) is 17.2 Å². The minimum atomic E-state index is -4.29. The fourth-order valence-electron chi connectivity index (χ4n) is 2.57. The molecule has 33 heavy (non-hydrogen) atoms. The summed E-state index contributed by atoms with van der Waals surface area (Å²) in [6, 6.07) is 6.36. The second-order valence-electron chi connectivity index (χ2n) is 6.22. The van der Waals surface area contributed by atoms with Crippen molar-refractivity contribution >= 4 is 39.2 Å². The number of hydrogen-bond donors (Lipinski definition) is 2. The van der Waals surface area contributed by atoms with Crippen LogP contribution < -0.4 is 24.2 Å². The van der Waals surface area contributed by atoms with Gasteiger partial charge in [-0.25, -0.2) is 13.2 Å². The van der Waals surface area contributed by atoms with Gasteiger partial charge in [0.2, 0.25) is 0 Å². The summed E-state index contributed by atoms with van der Waals surface area (Å²) in [7, 11) is -0.271. The van der Waals surface area contributed by atoms with E-state index in [0.29, 0.717) is 0 Å². The lowest BCUT2D eigenvalue weighted by Crippen LogP contribution is -2.29. The lowest BCUT2D eigenvalue weighted by Gasteiger charge is -2.16. The Labute approximate surface area is 196 Å². The topological polar surface area (TPSA) is 129 Å². The zero-order chi connectivity index (χ0) is 24.6. The van der Waals surface area contributed by atoms with Crippen LogP contribution in [-0.2, 0) is 19.6 Å². The summed E-state index contributed by atoms with van der Waals surface area (Å²) in [4.78, 5) is 23.5. The highest BCUT2D eigenvalue weighted by Crippen LogP contribution is 2.37. The number of anilines is 1. The van der Waals surface area contributed by atoms with Gasteiger partial charge in [0.1, 0.15) is 22.1 Å². The highest BCUT2D eigenvalue weighted by Gasteiger charge is 2.24. The van der Waals surface area contributed by atoms with Crippen molar-refractivity contribution in [1.82, 2.24) is 5.32 Å². The zero-order valence-electron chi connectivity index (χ0n) is 17.9. The van der Waals surface area contributed by atoms with E-state index in [1.807, 2.05) is 0 Å². The number of ether oxygens (including phenoxy) is 4. The van der Waals surface area contributed by atoms with Crippen molar-refractivity contribution in [2.75, 3.05) is 39.2 Å². The first-order valence-corrected chi connectivity index (χ1v) is 11.0. The molecule has 2 N–H and O–H groups in total. The van der Waals surface area contributed by atoms with Gasteiger partial charge in [-0.2, -0.15) is 0 Å². The van der Waals surface area contributed by atoms with Gasteiger partial charge < -0.3 is 24.3 Å². The molecule has 0 heterocycles. The molecule has 2 aromatic rings. The number of carbonyl (C=O) groups is 2.